The van der Waals surface area contributed by atoms with Crippen molar-refractivity contribution < 1.29 is 18.3 Å². The molecule has 0 saturated carbocycles. The van der Waals surface area contributed by atoms with Crippen LogP contribution in [-0.2, 0) is 9.53 Å². The maximum Gasteiger partial charge on any atom is 0.340 e. The van der Waals surface area contributed by atoms with Crippen LogP contribution in [0.3, 0.4) is 0 Å². The molecule has 0 aliphatic rings. The smallest absolute Gasteiger partial charge is 0.340 e. The molecule has 0 amide bonds. The van der Waals surface area contributed by atoms with Crippen molar-refractivity contribution in [2.75, 3.05) is 6.61 Å². The van der Waals surface area contributed by atoms with Gasteiger partial charge in [0.15, 0.2) is 0 Å². The molecule has 0 aliphatic carbocycles. The Hall–Kier alpha value is -2.30. The van der Waals surface area contributed by atoms with Gasteiger partial charge < -0.3 is 4.74 Å². The van der Waals surface area contributed by atoms with E-state index in [9.17, 15) is 13.6 Å². The van der Waals surface area contributed by atoms with Crippen LogP contribution in [0.4, 0.5) is 8.78 Å². The molecule has 0 aromatic heterocycles. The van der Waals surface area contributed by atoms with E-state index in [1.807, 2.05) is 0 Å². The van der Waals surface area contributed by atoms with Crippen LogP contribution in [0.2, 0.25) is 0 Å². The number of hydrogen-bond donors (Lipinski definition) is 0. The van der Waals surface area contributed by atoms with Crippen LogP contribution in [0, 0.1) is 11.6 Å². The average Bonchev–Trinajstić information content (AvgIpc) is 2.37. The number of ether oxygens (including phenoxy) is 1. The van der Waals surface area contributed by atoms with Gasteiger partial charge in [-0.15, -0.1) is 0 Å². The summed E-state index contributed by atoms with van der Waals surface area (Å²) in [4.78, 5) is 15.3. The van der Waals surface area contributed by atoms with Crippen LogP contribution in [0.15, 0.2) is 41.4 Å². The van der Waals surface area contributed by atoms with Crippen LogP contribution in [0.5, 0.6) is 0 Å². The number of halogens is 2. The standard InChI is InChI=1S/C14H13F2NO2/c1-4-10(14(18)19-5-2)13(17-3)11-7-6-9(15)8-12(11)16/h4,6-8H,1,3,5H2,2H3/b13-10+. The second kappa shape index (κ2) is 6.58. The van der Waals surface area contributed by atoms with Crippen LogP contribution < -0.4 is 0 Å². The van der Waals surface area contributed by atoms with Gasteiger partial charge in [-0.1, -0.05) is 12.7 Å². The number of benzene rings is 1. The minimum atomic E-state index is -0.842. The fourth-order valence-corrected chi connectivity index (χ4v) is 1.48. The molecule has 1 rings (SSSR count). The molecule has 100 valence electrons. The molecule has 0 atom stereocenters. The largest absolute Gasteiger partial charge is 0.462 e. The van der Waals surface area contributed by atoms with Gasteiger partial charge in [-0.3, -0.25) is 4.99 Å². The Bertz CT molecular complexity index is 550. The first kappa shape index (κ1) is 14.8. The number of esters is 1. The zero-order chi connectivity index (χ0) is 14.4. The van der Waals surface area contributed by atoms with E-state index in [2.05, 4.69) is 18.3 Å². The first-order valence-corrected chi connectivity index (χ1v) is 5.51. The molecule has 0 radical (unpaired) electrons. The van der Waals surface area contributed by atoms with E-state index in [-0.39, 0.29) is 23.4 Å². The monoisotopic (exact) mass is 265 g/mol. The van der Waals surface area contributed by atoms with Gasteiger partial charge in [-0.2, -0.15) is 0 Å². The van der Waals surface area contributed by atoms with Gasteiger partial charge in [-0.05, 0) is 25.8 Å². The molecule has 0 saturated heterocycles. The molecule has 0 spiro atoms. The van der Waals surface area contributed by atoms with E-state index in [0.717, 1.165) is 6.07 Å². The topological polar surface area (TPSA) is 38.7 Å². The fraction of sp³-hybridized carbons (Fsp3) is 0.143. The van der Waals surface area contributed by atoms with E-state index >= 15 is 0 Å². The molecule has 1 aromatic carbocycles. The Morgan fingerprint density at radius 2 is 2.16 bits per heavy atom. The van der Waals surface area contributed by atoms with E-state index in [1.165, 1.54) is 12.1 Å². The van der Waals surface area contributed by atoms with Crippen molar-refractivity contribution in [1.82, 2.24) is 0 Å². The summed E-state index contributed by atoms with van der Waals surface area (Å²) in [5.74, 6) is -2.25. The van der Waals surface area contributed by atoms with Gasteiger partial charge in [0.1, 0.15) is 11.6 Å². The first-order valence-electron chi connectivity index (χ1n) is 5.51. The predicted octanol–water partition coefficient (Wildman–Crippen LogP) is 3.13. The molecule has 19 heavy (non-hydrogen) atoms. The van der Waals surface area contributed by atoms with Crippen LogP contribution >= 0.6 is 0 Å². The van der Waals surface area contributed by atoms with Crippen molar-refractivity contribution in [3.8, 4) is 0 Å². The molecular weight excluding hydrogens is 252 g/mol. The fourth-order valence-electron chi connectivity index (χ4n) is 1.48. The minimum absolute atomic E-state index is 0.0256. The number of nitrogens with zero attached hydrogens (tertiary/aromatic N) is 1. The maximum atomic E-state index is 13.7. The Kier molecular flexibility index (Phi) is 5.11. The average molecular weight is 265 g/mol. The lowest BCUT2D eigenvalue weighted by Crippen LogP contribution is -2.08. The zero-order valence-corrected chi connectivity index (χ0v) is 10.5. The lowest BCUT2D eigenvalue weighted by molar-refractivity contribution is -0.138. The molecule has 0 unspecified atom stereocenters. The second-order valence-electron chi connectivity index (χ2n) is 3.47. The van der Waals surface area contributed by atoms with Gasteiger partial charge >= 0.3 is 5.97 Å². The third-order valence-corrected chi connectivity index (χ3v) is 2.30. The van der Waals surface area contributed by atoms with E-state index in [0.29, 0.717) is 6.07 Å². The van der Waals surface area contributed by atoms with Crippen molar-refractivity contribution in [3.05, 3.63) is 53.6 Å². The number of aliphatic imine (C=N–C) groups is 1. The maximum absolute atomic E-state index is 13.7. The van der Waals surface area contributed by atoms with E-state index < -0.39 is 17.6 Å². The summed E-state index contributed by atoms with van der Waals surface area (Å²) in [6, 6.07) is 2.94. The third kappa shape index (κ3) is 3.34. The third-order valence-electron chi connectivity index (χ3n) is 2.30. The Morgan fingerprint density at radius 1 is 1.47 bits per heavy atom. The van der Waals surface area contributed by atoms with Crippen molar-refractivity contribution in [2.24, 2.45) is 4.99 Å². The van der Waals surface area contributed by atoms with Gasteiger partial charge in [0, 0.05) is 11.6 Å². The van der Waals surface area contributed by atoms with Crippen molar-refractivity contribution in [3.63, 3.8) is 0 Å². The quantitative estimate of drug-likeness (QED) is 0.355. The minimum Gasteiger partial charge on any atom is -0.462 e. The molecule has 1 aromatic rings. The normalized spacial score (nSPS) is 11.5. The summed E-state index contributed by atoms with van der Waals surface area (Å²) < 4.78 is 31.4. The van der Waals surface area contributed by atoms with Crippen LogP contribution in [0.25, 0.3) is 5.70 Å². The second-order valence-corrected chi connectivity index (χ2v) is 3.47. The van der Waals surface area contributed by atoms with Crippen molar-refractivity contribution >= 4 is 18.4 Å². The van der Waals surface area contributed by atoms with Crippen LogP contribution in [-0.4, -0.2) is 19.3 Å². The number of rotatable bonds is 5. The summed E-state index contributed by atoms with van der Waals surface area (Å²) in [5.41, 5.74) is -0.104. The van der Waals surface area contributed by atoms with Gasteiger partial charge in [0.25, 0.3) is 0 Å². The lowest BCUT2D eigenvalue weighted by Gasteiger charge is -2.09. The highest BCUT2D eigenvalue weighted by molar-refractivity contribution is 6.00. The Morgan fingerprint density at radius 3 is 2.63 bits per heavy atom. The van der Waals surface area contributed by atoms with E-state index in [4.69, 9.17) is 4.74 Å². The number of carbonyl (C=O) groups is 1. The molecule has 5 heteroatoms. The predicted molar refractivity (Wildman–Crippen MR) is 69.7 cm³/mol. The highest BCUT2D eigenvalue weighted by atomic mass is 19.1. The Balaban J connectivity index is 3.41. The highest BCUT2D eigenvalue weighted by Gasteiger charge is 2.17. The molecule has 3 nitrogen and oxygen atoms in total. The molecule has 0 aliphatic heterocycles. The van der Waals surface area contributed by atoms with Gasteiger partial charge in [-0.25, -0.2) is 13.6 Å². The summed E-state index contributed by atoms with van der Waals surface area (Å²) >= 11 is 0. The van der Waals surface area contributed by atoms with Crippen molar-refractivity contribution in [1.29, 1.82) is 0 Å². The molecule has 0 bridgehead atoms. The SMILES string of the molecule is C=C/C(C(=O)OCC)=C(\N=C)c1ccc(F)cc1F. The van der Waals surface area contributed by atoms with E-state index in [1.54, 1.807) is 6.92 Å². The van der Waals surface area contributed by atoms with Crippen molar-refractivity contribution in [2.45, 2.75) is 6.92 Å². The lowest BCUT2D eigenvalue weighted by atomic mass is 10.1. The number of hydrogen-bond acceptors (Lipinski definition) is 3. The highest BCUT2D eigenvalue weighted by Crippen LogP contribution is 2.24. The zero-order valence-electron chi connectivity index (χ0n) is 10.5. The Labute approximate surface area is 109 Å². The molecule has 0 N–H and O–H groups in total. The summed E-state index contributed by atoms with van der Waals surface area (Å²) in [5, 5.41) is 0. The van der Waals surface area contributed by atoms with Gasteiger partial charge in [0.2, 0.25) is 0 Å². The molecule has 0 heterocycles. The molecular formula is C14H13F2NO2. The summed E-state index contributed by atoms with van der Waals surface area (Å²) in [6.07, 6.45) is 1.20. The van der Waals surface area contributed by atoms with Gasteiger partial charge in [0.05, 0.1) is 17.9 Å². The summed E-state index contributed by atoms with van der Waals surface area (Å²) in [7, 11) is 0. The molecule has 0 fully saturated rings. The van der Waals surface area contributed by atoms with Crippen LogP contribution in [0.1, 0.15) is 12.5 Å². The number of carbonyl (C=O) groups excluding carboxylic acids is 1. The summed E-state index contributed by atoms with van der Waals surface area (Å²) in [6.45, 7) is 8.55. The first-order chi connectivity index (χ1) is 9.04.